The minimum Gasteiger partial charge on any atom is -0.347 e. The van der Waals surface area contributed by atoms with Gasteiger partial charge in [-0.2, -0.15) is 0 Å². The van der Waals surface area contributed by atoms with E-state index in [2.05, 4.69) is 5.32 Å². The van der Waals surface area contributed by atoms with E-state index in [1.54, 1.807) is 19.0 Å². The van der Waals surface area contributed by atoms with E-state index in [4.69, 9.17) is 0 Å². The van der Waals surface area contributed by atoms with Crippen molar-refractivity contribution in [2.75, 3.05) is 20.6 Å². The molecule has 0 bridgehead atoms. The zero-order chi connectivity index (χ0) is 14.7. The fraction of sp³-hybridized carbons (Fsp3) is 0.533. The van der Waals surface area contributed by atoms with Gasteiger partial charge in [0.2, 0.25) is 5.91 Å². The number of carbonyl (C=O) groups is 1. The average molecular weight is 282 g/mol. The highest BCUT2D eigenvalue weighted by molar-refractivity contribution is 5.81. The van der Waals surface area contributed by atoms with Gasteiger partial charge in [-0.15, -0.1) is 0 Å². The molecule has 0 saturated carbocycles. The van der Waals surface area contributed by atoms with Crippen molar-refractivity contribution in [3.8, 4) is 0 Å². The van der Waals surface area contributed by atoms with Crippen molar-refractivity contribution in [3.63, 3.8) is 0 Å². The molecule has 2 atom stereocenters. The summed E-state index contributed by atoms with van der Waals surface area (Å²) in [4.78, 5) is 13.5. The van der Waals surface area contributed by atoms with Crippen molar-refractivity contribution in [3.05, 3.63) is 35.4 Å². The van der Waals surface area contributed by atoms with E-state index in [1.165, 1.54) is 18.2 Å². The molecule has 1 aliphatic rings. The number of rotatable bonds is 3. The number of amides is 1. The third-order valence-electron chi connectivity index (χ3n) is 3.81. The maximum absolute atomic E-state index is 13.7. The largest absolute Gasteiger partial charge is 0.347 e. The first-order valence-electron chi connectivity index (χ1n) is 6.86. The van der Waals surface area contributed by atoms with Crippen molar-refractivity contribution in [2.24, 2.45) is 5.92 Å². The standard InChI is InChI=1S/C15H20F2N2O/c1-19(2)15(20)14-9-10(6-7-18-14)8-11-12(16)4-3-5-13(11)17/h3-5,10,14,18H,6-9H2,1-2H3. The molecule has 5 heteroatoms. The Morgan fingerprint density at radius 2 is 2.00 bits per heavy atom. The lowest BCUT2D eigenvalue weighted by atomic mass is 9.86. The summed E-state index contributed by atoms with van der Waals surface area (Å²) in [6, 6.07) is 3.68. The maximum Gasteiger partial charge on any atom is 0.239 e. The van der Waals surface area contributed by atoms with Crippen LogP contribution in [-0.2, 0) is 11.2 Å². The molecule has 1 fully saturated rings. The molecule has 1 aromatic rings. The van der Waals surface area contributed by atoms with Crippen molar-refractivity contribution < 1.29 is 13.6 Å². The molecule has 1 aliphatic heterocycles. The molecule has 0 aliphatic carbocycles. The number of hydrogen-bond donors (Lipinski definition) is 1. The van der Waals surface area contributed by atoms with Gasteiger partial charge in [-0.25, -0.2) is 8.78 Å². The fourth-order valence-corrected chi connectivity index (χ4v) is 2.70. The van der Waals surface area contributed by atoms with Crippen LogP contribution in [0, 0.1) is 17.6 Å². The van der Waals surface area contributed by atoms with E-state index in [0.717, 1.165) is 6.42 Å². The van der Waals surface area contributed by atoms with Crippen LogP contribution in [0.5, 0.6) is 0 Å². The second-order valence-corrected chi connectivity index (χ2v) is 5.53. The molecule has 1 amide bonds. The van der Waals surface area contributed by atoms with E-state index in [1.807, 2.05) is 0 Å². The van der Waals surface area contributed by atoms with Crippen LogP contribution in [0.15, 0.2) is 18.2 Å². The molecule has 1 saturated heterocycles. The first-order chi connectivity index (χ1) is 9.49. The van der Waals surface area contributed by atoms with Crippen LogP contribution in [0.2, 0.25) is 0 Å². The Bertz CT molecular complexity index is 471. The van der Waals surface area contributed by atoms with Gasteiger partial charge in [0.05, 0.1) is 6.04 Å². The van der Waals surface area contributed by atoms with Crippen LogP contribution in [-0.4, -0.2) is 37.5 Å². The SMILES string of the molecule is CN(C)C(=O)C1CC(Cc2c(F)cccc2F)CCN1. The smallest absolute Gasteiger partial charge is 0.239 e. The summed E-state index contributed by atoms with van der Waals surface area (Å²) in [6.45, 7) is 0.699. The Kier molecular flexibility index (Phi) is 4.70. The Hall–Kier alpha value is -1.49. The topological polar surface area (TPSA) is 32.3 Å². The lowest BCUT2D eigenvalue weighted by Crippen LogP contribution is -2.48. The van der Waals surface area contributed by atoms with Crippen LogP contribution >= 0.6 is 0 Å². The Labute approximate surface area is 118 Å². The van der Waals surface area contributed by atoms with Crippen LogP contribution in [0.25, 0.3) is 0 Å². The van der Waals surface area contributed by atoms with Gasteiger partial charge in [0.25, 0.3) is 0 Å². The van der Waals surface area contributed by atoms with Crippen molar-refractivity contribution in [2.45, 2.75) is 25.3 Å². The van der Waals surface area contributed by atoms with Crippen molar-refractivity contribution in [1.29, 1.82) is 0 Å². The molecule has 1 aromatic carbocycles. The molecular formula is C15H20F2N2O. The minimum absolute atomic E-state index is 0.0173. The van der Waals surface area contributed by atoms with E-state index in [0.29, 0.717) is 19.4 Å². The average Bonchev–Trinajstić information content (AvgIpc) is 2.42. The van der Waals surface area contributed by atoms with Gasteiger partial charge in [-0.1, -0.05) is 6.07 Å². The Balaban J connectivity index is 2.05. The van der Waals surface area contributed by atoms with Crippen molar-refractivity contribution in [1.82, 2.24) is 10.2 Å². The molecule has 3 nitrogen and oxygen atoms in total. The predicted molar refractivity (Wildman–Crippen MR) is 73.3 cm³/mol. The Morgan fingerprint density at radius 1 is 1.35 bits per heavy atom. The summed E-state index contributed by atoms with van der Waals surface area (Å²) in [6.07, 6.45) is 1.78. The monoisotopic (exact) mass is 282 g/mol. The highest BCUT2D eigenvalue weighted by atomic mass is 19.1. The van der Waals surface area contributed by atoms with Gasteiger partial charge in [0.1, 0.15) is 11.6 Å². The lowest BCUT2D eigenvalue weighted by Gasteiger charge is -2.31. The van der Waals surface area contributed by atoms with Gasteiger partial charge in [0.15, 0.2) is 0 Å². The number of likely N-dealkylation sites (N-methyl/N-ethyl adjacent to an activating group) is 1. The number of benzene rings is 1. The summed E-state index contributed by atoms with van der Waals surface area (Å²) in [5.41, 5.74) is 0.135. The normalized spacial score (nSPS) is 22.6. The van der Waals surface area contributed by atoms with Crippen LogP contribution < -0.4 is 5.32 Å². The summed E-state index contributed by atoms with van der Waals surface area (Å²) < 4.78 is 27.3. The van der Waals surface area contributed by atoms with Crippen LogP contribution in [0.3, 0.4) is 0 Å². The first-order valence-corrected chi connectivity index (χ1v) is 6.86. The van der Waals surface area contributed by atoms with Crippen LogP contribution in [0.4, 0.5) is 8.78 Å². The van der Waals surface area contributed by atoms with Gasteiger partial charge in [-0.05, 0) is 43.9 Å². The molecule has 0 aromatic heterocycles. The third-order valence-corrected chi connectivity index (χ3v) is 3.81. The van der Waals surface area contributed by atoms with E-state index < -0.39 is 11.6 Å². The highest BCUT2D eigenvalue weighted by Crippen LogP contribution is 2.24. The Morgan fingerprint density at radius 3 is 2.60 bits per heavy atom. The van der Waals surface area contributed by atoms with Gasteiger partial charge in [-0.3, -0.25) is 4.79 Å². The zero-order valence-electron chi connectivity index (χ0n) is 11.8. The zero-order valence-corrected chi connectivity index (χ0v) is 11.8. The first kappa shape index (κ1) is 14.9. The quantitative estimate of drug-likeness (QED) is 0.919. The fourth-order valence-electron chi connectivity index (χ4n) is 2.70. The van der Waals surface area contributed by atoms with E-state index >= 15 is 0 Å². The molecule has 2 unspecified atom stereocenters. The molecule has 110 valence electrons. The number of nitrogens with zero attached hydrogens (tertiary/aromatic N) is 1. The minimum atomic E-state index is -0.501. The second kappa shape index (κ2) is 6.31. The molecule has 0 spiro atoms. The van der Waals surface area contributed by atoms with Crippen molar-refractivity contribution >= 4 is 5.91 Å². The molecular weight excluding hydrogens is 262 g/mol. The lowest BCUT2D eigenvalue weighted by molar-refractivity contribution is -0.131. The van der Waals surface area contributed by atoms with E-state index in [9.17, 15) is 13.6 Å². The highest BCUT2D eigenvalue weighted by Gasteiger charge is 2.28. The number of hydrogen-bond acceptors (Lipinski definition) is 2. The third kappa shape index (κ3) is 3.33. The van der Waals surface area contributed by atoms with Gasteiger partial charge in [0, 0.05) is 19.7 Å². The van der Waals surface area contributed by atoms with Crippen LogP contribution in [0.1, 0.15) is 18.4 Å². The summed E-state index contributed by atoms with van der Waals surface area (Å²) in [5.74, 6) is -0.863. The molecule has 1 heterocycles. The number of piperidine rings is 1. The number of halogens is 2. The van der Waals surface area contributed by atoms with Gasteiger partial charge < -0.3 is 10.2 Å². The molecule has 1 N–H and O–H groups in total. The van der Waals surface area contributed by atoms with Gasteiger partial charge >= 0.3 is 0 Å². The summed E-state index contributed by atoms with van der Waals surface area (Å²) in [7, 11) is 3.42. The number of nitrogens with one attached hydrogen (secondary N) is 1. The second-order valence-electron chi connectivity index (χ2n) is 5.53. The van der Waals surface area contributed by atoms with E-state index in [-0.39, 0.29) is 23.4 Å². The molecule has 2 rings (SSSR count). The molecule has 20 heavy (non-hydrogen) atoms. The number of carbonyl (C=O) groups excluding carboxylic acids is 1. The maximum atomic E-state index is 13.7. The summed E-state index contributed by atoms with van der Waals surface area (Å²) >= 11 is 0. The summed E-state index contributed by atoms with van der Waals surface area (Å²) in [5, 5.41) is 3.17. The predicted octanol–water partition coefficient (Wildman–Crippen LogP) is 1.96. The molecule has 0 radical (unpaired) electrons.